The molecule has 0 spiro atoms. The zero-order valence-corrected chi connectivity index (χ0v) is 18.2. The number of ether oxygens (including phenoxy) is 2. The number of nitrogens with one attached hydrogen (secondary N) is 1. The van der Waals surface area contributed by atoms with Crippen molar-refractivity contribution in [2.24, 2.45) is 0 Å². The van der Waals surface area contributed by atoms with Crippen molar-refractivity contribution in [1.82, 2.24) is 5.32 Å². The number of carbonyl (C=O) groups is 2. The lowest BCUT2D eigenvalue weighted by molar-refractivity contribution is -0.121. The lowest BCUT2D eigenvalue weighted by atomic mass is 9.82. The van der Waals surface area contributed by atoms with E-state index in [9.17, 15) is 9.59 Å². The highest BCUT2D eigenvalue weighted by atomic mass is 16.5. The first-order chi connectivity index (χ1) is 14.4. The monoisotopic (exact) mass is 410 g/mol. The Kier molecular flexibility index (Phi) is 6.77. The number of amides is 2. The molecule has 0 saturated heterocycles. The molecule has 0 atom stereocenters. The second-order valence-electron chi connectivity index (χ2n) is 8.14. The topological polar surface area (TPSA) is 67.9 Å². The fourth-order valence-corrected chi connectivity index (χ4v) is 3.36. The van der Waals surface area contributed by atoms with Crippen LogP contribution in [0.1, 0.15) is 48.7 Å². The summed E-state index contributed by atoms with van der Waals surface area (Å²) in [4.78, 5) is 26.8. The van der Waals surface area contributed by atoms with E-state index in [2.05, 4.69) is 38.2 Å². The van der Waals surface area contributed by atoms with Gasteiger partial charge < -0.3 is 19.7 Å². The van der Waals surface area contributed by atoms with E-state index in [1.54, 1.807) is 18.1 Å². The zero-order chi connectivity index (χ0) is 21.7. The average Bonchev–Trinajstić information content (AvgIpc) is 2.75. The second-order valence-corrected chi connectivity index (χ2v) is 8.14. The maximum atomic E-state index is 12.7. The van der Waals surface area contributed by atoms with Gasteiger partial charge in [-0.1, -0.05) is 39.0 Å². The van der Waals surface area contributed by atoms with Crippen LogP contribution in [0, 0.1) is 0 Å². The van der Waals surface area contributed by atoms with Crippen molar-refractivity contribution >= 4 is 17.5 Å². The molecule has 1 aliphatic heterocycles. The third-order valence-corrected chi connectivity index (χ3v) is 5.69. The van der Waals surface area contributed by atoms with Gasteiger partial charge in [0.1, 0.15) is 5.75 Å². The van der Waals surface area contributed by atoms with Crippen LogP contribution in [0.4, 0.5) is 5.69 Å². The first-order valence-corrected chi connectivity index (χ1v) is 10.3. The SMILES string of the molecule is CCC(C)(C)c1ccc2c(c1)N(Cc1cccc(C(=O)NCCOC)c1)C(=O)CO2. The van der Waals surface area contributed by atoms with E-state index in [1.165, 1.54) is 5.56 Å². The molecule has 1 heterocycles. The summed E-state index contributed by atoms with van der Waals surface area (Å²) in [5, 5.41) is 2.82. The average molecular weight is 411 g/mol. The van der Waals surface area contributed by atoms with E-state index in [1.807, 2.05) is 24.3 Å². The van der Waals surface area contributed by atoms with Crippen LogP contribution in [0.25, 0.3) is 0 Å². The summed E-state index contributed by atoms with van der Waals surface area (Å²) in [5.74, 6) is 0.456. The van der Waals surface area contributed by atoms with Crippen LogP contribution < -0.4 is 15.0 Å². The summed E-state index contributed by atoms with van der Waals surface area (Å²) in [7, 11) is 1.59. The van der Waals surface area contributed by atoms with Crippen LogP contribution in [0.2, 0.25) is 0 Å². The van der Waals surface area contributed by atoms with Gasteiger partial charge in [0.2, 0.25) is 0 Å². The van der Waals surface area contributed by atoms with Gasteiger partial charge in [0.05, 0.1) is 18.8 Å². The Bertz CT molecular complexity index is 923. The molecule has 0 radical (unpaired) electrons. The second kappa shape index (κ2) is 9.30. The lowest BCUT2D eigenvalue weighted by Crippen LogP contribution is -2.38. The zero-order valence-electron chi connectivity index (χ0n) is 18.2. The highest BCUT2D eigenvalue weighted by Gasteiger charge is 2.28. The molecule has 3 rings (SSSR count). The summed E-state index contributed by atoms with van der Waals surface area (Å²) in [6.45, 7) is 7.84. The third kappa shape index (κ3) is 4.82. The Balaban J connectivity index is 1.85. The molecule has 0 aliphatic carbocycles. The molecule has 1 N–H and O–H groups in total. The highest BCUT2D eigenvalue weighted by molar-refractivity contribution is 5.98. The van der Waals surface area contributed by atoms with Crippen molar-refractivity contribution in [1.29, 1.82) is 0 Å². The third-order valence-electron chi connectivity index (χ3n) is 5.69. The minimum absolute atomic E-state index is 0.00139. The fraction of sp³-hybridized carbons (Fsp3) is 0.417. The largest absolute Gasteiger partial charge is 0.482 e. The molecule has 2 amide bonds. The molecular weight excluding hydrogens is 380 g/mol. The number of hydrogen-bond acceptors (Lipinski definition) is 4. The van der Waals surface area contributed by atoms with Crippen LogP contribution in [-0.2, 0) is 21.5 Å². The normalized spacial score (nSPS) is 13.6. The van der Waals surface area contributed by atoms with Crippen molar-refractivity contribution < 1.29 is 19.1 Å². The van der Waals surface area contributed by atoms with E-state index < -0.39 is 0 Å². The number of rotatable bonds is 8. The number of fused-ring (bicyclic) bond motifs is 1. The van der Waals surface area contributed by atoms with Gasteiger partial charge in [-0.25, -0.2) is 0 Å². The molecular formula is C24H30N2O4. The van der Waals surface area contributed by atoms with E-state index in [0.29, 0.717) is 31.0 Å². The maximum absolute atomic E-state index is 12.7. The molecule has 6 nitrogen and oxygen atoms in total. The van der Waals surface area contributed by atoms with Crippen LogP contribution in [0.5, 0.6) is 5.75 Å². The fourth-order valence-electron chi connectivity index (χ4n) is 3.36. The Labute approximate surface area is 178 Å². The summed E-state index contributed by atoms with van der Waals surface area (Å²) in [6.07, 6.45) is 0.987. The minimum atomic E-state index is -0.158. The first kappa shape index (κ1) is 21.8. The molecule has 160 valence electrons. The van der Waals surface area contributed by atoms with Crippen molar-refractivity contribution in [2.75, 3.05) is 31.8 Å². The number of hydrogen-bond donors (Lipinski definition) is 1. The smallest absolute Gasteiger partial charge is 0.265 e. The molecule has 0 aromatic heterocycles. The van der Waals surface area contributed by atoms with Crippen LogP contribution in [-0.4, -0.2) is 38.7 Å². The minimum Gasteiger partial charge on any atom is -0.482 e. The molecule has 2 aromatic carbocycles. The highest BCUT2D eigenvalue weighted by Crippen LogP contribution is 2.38. The van der Waals surface area contributed by atoms with E-state index in [0.717, 1.165) is 17.7 Å². The van der Waals surface area contributed by atoms with Crippen molar-refractivity contribution in [3.05, 3.63) is 59.2 Å². The molecule has 0 bridgehead atoms. The Morgan fingerprint density at radius 1 is 1.23 bits per heavy atom. The molecule has 1 aliphatic rings. The standard InChI is InChI=1S/C24H30N2O4/c1-5-24(2,3)19-9-10-21-20(14-19)26(22(27)16-30-21)15-17-7-6-8-18(13-17)23(28)25-11-12-29-4/h6-10,13-14H,5,11-12,15-16H2,1-4H3,(H,25,28). The predicted molar refractivity (Wildman–Crippen MR) is 117 cm³/mol. The van der Waals surface area contributed by atoms with E-state index >= 15 is 0 Å². The quantitative estimate of drug-likeness (QED) is 0.674. The molecule has 0 unspecified atom stereocenters. The van der Waals surface area contributed by atoms with E-state index in [4.69, 9.17) is 9.47 Å². The lowest BCUT2D eigenvalue weighted by Gasteiger charge is -2.32. The Hall–Kier alpha value is -2.86. The van der Waals surface area contributed by atoms with Crippen LogP contribution in [0.3, 0.4) is 0 Å². The van der Waals surface area contributed by atoms with E-state index in [-0.39, 0.29) is 23.8 Å². The molecule has 0 saturated carbocycles. The number of anilines is 1. The van der Waals surface area contributed by atoms with Crippen LogP contribution in [0.15, 0.2) is 42.5 Å². The predicted octanol–water partition coefficient (Wildman–Crippen LogP) is 3.68. The molecule has 30 heavy (non-hydrogen) atoms. The van der Waals surface area contributed by atoms with Gasteiger partial charge in [-0.2, -0.15) is 0 Å². The van der Waals surface area contributed by atoms with Gasteiger partial charge in [0, 0.05) is 19.2 Å². The summed E-state index contributed by atoms with van der Waals surface area (Å²) >= 11 is 0. The van der Waals surface area contributed by atoms with Gasteiger partial charge in [0.25, 0.3) is 11.8 Å². The maximum Gasteiger partial charge on any atom is 0.265 e. The van der Waals surface area contributed by atoms with Gasteiger partial charge in [-0.15, -0.1) is 0 Å². The summed E-state index contributed by atoms with van der Waals surface area (Å²) < 4.78 is 10.6. The Morgan fingerprint density at radius 3 is 2.77 bits per heavy atom. The number of benzene rings is 2. The molecule has 6 heteroatoms. The van der Waals surface area contributed by atoms with Gasteiger partial charge in [0.15, 0.2) is 6.61 Å². The Morgan fingerprint density at radius 2 is 2.03 bits per heavy atom. The van der Waals surface area contributed by atoms with Crippen LogP contribution >= 0.6 is 0 Å². The van der Waals surface area contributed by atoms with Gasteiger partial charge >= 0.3 is 0 Å². The van der Waals surface area contributed by atoms with Gasteiger partial charge in [-0.3, -0.25) is 9.59 Å². The van der Waals surface area contributed by atoms with Crippen molar-refractivity contribution in [3.8, 4) is 5.75 Å². The van der Waals surface area contributed by atoms with Crippen molar-refractivity contribution in [2.45, 2.75) is 39.2 Å². The van der Waals surface area contributed by atoms with Crippen molar-refractivity contribution in [3.63, 3.8) is 0 Å². The summed E-state index contributed by atoms with van der Waals surface area (Å²) in [5.41, 5.74) is 3.39. The number of carbonyl (C=O) groups excluding carboxylic acids is 2. The number of nitrogens with zero attached hydrogens (tertiary/aromatic N) is 1. The molecule has 2 aromatic rings. The van der Waals surface area contributed by atoms with Gasteiger partial charge in [-0.05, 0) is 47.2 Å². The summed E-state index contributed by atoms with van der Waals surface area (Å²) in [6, 6.07) is 13.4. The first-order valence-electron chi connectivity index (χ1n) is 10.3. The molecule has 0 fully saturated rings. The number of methoxy groups -OCH3 is 1.